The number of carboxylic acid groups (broad SMARTS) is 1. The highest BCUT2D eigenvalue weighted by molar-refractivity contribution is 5.95. The summed E-state index contributed by atoms with van der Waals surface area (Å²) in [6, 6.07) is 1.90. The number of aromatic nitrogens is 1. The molecule has 1 saturated heterocycles. The SMILES string of the molecule is CC1CC(C)N(C(=O)c2cncc(/C=C/C(=O)O)c2)C1. The van der Waals surface area contributed by atoms with Crippen LogP contribution in [0.1, 0.15) is 36.2 Å². The third-order valence-electron chi connectivity index (χ3n) is 3.47. The van der Waals surface area contributed by atoms with Crippen molar-refractivity contribution >= 4 is 18.0 Å². The Morgan fingerprint density at radius 3 is 2.75 bits per heavy atom. The Balaban J connectivity index is 2.18. The fourth-order valence-corrected chi connectivity index (χ4v) is 2.58. The van der Waals surface area contributed by atoms with Crippen LogP contribution in [0.2, 0.25) is 0 Å². The van der Waals surface area contributed by atoms with E-state index in [9.17, 15) is 9.59 Å². The summed E-state index contributed by atoms with van der Waals surface area (Å²) in [5, 5.41) is 8.61. The fourth-order valence-electron chi connectivity index (χ4n) is 2.58. The molecule has 1 amide bonds. The molecule has 2 unspecified atom stereocenters. The average Bonchev–Trinajstić information content (AvgIpc) is 2.75. The minimum Gasteiger partial charge on any atom is -0.478 e. The summed E-state index contributed by atoms with van der Waals surface area (Å²) in [6.07, 6.45) is 6.54. The maximum absolute atomic E-state index is 12.4. The molecule has 2 heterocycles. The molecule has 0 radical (unpaired) electrons. The van der Waals surface area contributed by atoms with Crippen LogP contribution in [0.15, 0.2) is 24.5 Å². The number of carbonyl (C=O) groups excluding carboxylic acids is 1. The molecule has 1 aromatic rings. The van der Waals surface area contributed by atoms with Crippen LogP contribution < -0.4 is 0 Å². The lowest BCUT2D eigenvalue weighted by atomic mass is 10.1. The van der Waals surface area contributed by atoms with Crippen molar-refractivity contribution in [3.63, 3.8) is 0 Å². The molecule has 1 aromatic heterocycles. The van der Waals surface area contributed by atoms with Gasteiger partial charge in [-0.05, 0) is 37.0 Å². The second kappa shape index (κ2) is 5.86. The van der Waals surface area contributed by atoms with Gasteiger partial charge in [-0.2, -0.15) is 0 Å². The van der Waals surface area contributed by atoms with Gasteiger partial charge in [0.15, 0.2) is 0 Å². The van der Waals surface area contributed by atoms with Gasteiger partial charge < -0.3 is 10.0 Å². The number of nitrogens with zero attached hydrogens (tertiary/aromatic N) is 2. The number of carbonyl (C=O) groups is 2. The first-order chi connectivity index (χ1) is 9.47. The predicted molar refractivity (Wildman–Crippen MR) is 75.2 cm³/mol. The van der Waals surface area contributed by atoms with E-state index in [0.29, 0.717) is 17.0 Å². The second-order valence-electron chi connectivity index (χ2n) is 5.33. The topological polar surface area (TPSA) is 70.5 Å². The highest BCUT2D eigenvalue weighted by atomic mass is 16.4. The van der Waals surface area contributed by atoms with Gasteiger partial charge in [0.25, 0.3) is 5.91 Å². The zero-order chi connectivity index (χ0) is 14.7. The molecule has 2 atom stereocenters. The van der Waals surface area contributed by atoms with Crippen LogP contribution in [-0.4, -0.2) is 39.5 Å². The Hall–Kier alpha value is -2.17. The number of rotatable bonds is 3. The van der Waals surface area contributed by atoms with Crippen molar-refractivity contribution in [2.45, 2.75) is 26.3 Å². The fraction of sp³-hybridized carbons (Fsp3) is 0.400. The molecule has 20 heavy (non-hydrogen) atoms. The first kappa shape index (κ1) is 14.2. The lowest BCUT2D eigenvalue weighted by Crippen LogP contribution is -2.34. The van der Waals surface area contributed by atoms with Crippen molar-refractivity contribution in [3.8, 4) is 0 Å². The molecule has 0 spiro atoms. The van der Waals surface area contributed by atoms with Crippen molar-refractivity contribution in [2.24, 2.45) is 5.92 Å². The van der Waals surface area contributed by atoms with Gasteiger partial charge in [0.05, 0.1) is 5.56 Å². The molecule has 0 saturated carbocycles. The number of aliphatic carboxylic acids is 1. The molecule has 0 bridgehead atoms. The van der Waals surface area contributed by atoms with Gasteiger partial charge in [-0.25, -0.2) is 4.79 Å². The van der Waals surface area contributed by atoms with Gasteiger partial charge in [0, 0.05) is 31.1 Å². The molecule has 1 fully saturated rings. The van der Waals surface area contributed by atoms with Crippen LogP contribution in [0.5, 0.6) is 0 Å². The van der Waals surface area contributed by atoms with Gasteiger partial charge in [0.1, 0.15) is 0 Å². The van der Waals surface area contributed by atoms with Gasteiger partial charge >= 0.3 is 5.97 Å². The summed E-state index contributed by atoms with van der Waals surface area (Å²) < 4.78 is 0. The summed E-state index contributed by atoms with van der Waals surface area (Å²) in [5.41, 5.74) is 1.11. The van der Waals surface area contributed by atoms with Crippen LogP contribution in [0.25, 0.3) is 6.08 Å². The molecule has 0 aromatic carbocycles. The first-order valence-electron chi connectivity index (χ1n) is 6.64. The van der Waals surface area contributed by atoms with Gasteiger partial charge in [-0.15, -0.1) is 0 Å². The van der Waals surface area contributed by atoms with Gasteiger partial charge in [-0.3, -0.25) is 9.78 Å². The number of pyridine rings is 1. The molecular weight excluding hydrogens is 256 g/mol. The monoisotopic (exact) mass is 274 g/mol. The van der Waals surface area contributed by atoms with E-state index in [1.807, 2.05) is 11.8 Å². The maximum atomic E-state index is 12.4. The van der Waals surface area contributed by atoms with Crippen LogP contribution >= 0.6 is 0 Å². The zero-order valence-electron chi connectivity index (χ0n) is 11.6. The summed E-state index contributed by atoms with van der Waals surface area (Å²) in [6.45, 7) is 4.94. The van der Waals surface area contributed by atoms with E-state index in [2.05, 4.69) is 11.9 Å². The lowest BCUT2D eigenvalue weighted by molar-refractivity contribution is -0.131. The predicted octanol–water partition coefficient (Wildman–Crippen LogP) is 2.05. The van der Waals surface area contributed by atoms with Crippen LogP contribution in [-0.2, 0) is 4.79 Å². The van der Waals surface area contributed by atoms with Gasteiger partial charge in [-0.1, -0.05) is 6.92 Å². The zero-order valence-corrected chi connectivity index (χ0v) is 11.6. The maximum Gasteiger partial charge on any atom is 0.328 e. The second-order valence-corrected chi connectivity index (χ2v) is 5.33. The van der Waals surface area contributed by atoms with E-state index in [1.165, 1.54) is 18.5 Å². The summed E-state index contributed by atoms with van der Waals surface area (Å²) in [5.74, 6) is -0.555. The van der Waals surface area contributed by atoms with E-state index in [1.54, 1.807) is 6.07 Å². The standard InChI is InChI=1S/C15H18N2O3/c1-10-5-11(2)17(9-10)15(20)13-6-12(7-16-8-13)3-4-14(18)19/h3-4,6-8,10-11H,5,9H2,1-2H3,(H,18,19)/b4-3+. The number of likely N-dealkylation sites (tertiary alicyclic amines) is 1. The number of carboxylic acids is 1. The molecule has 5 nitrogen and oxygen atoms in total. The van der Waals surface area contributed by atoms with E-state index in [-0.39, 0.29) is 11.9 Å². The highest BCUT2D eigenvalue weighted by Gasteiger charge is 2.30. The summed E-state index contributed by atoms with van der Waals surface area (Å²) in [7, 11) is 0. The van der Waals surface area contributed by atoms with Crippen LogP contribution in [0.3, 0.4) is 0 Å². The Morgan fingerprint density at radius 1 is 1.40 bits per heavy atom. The molecular formula is C15H18N2O3. The smallest absolute Gasteiger partial charge is 0.328 e. The number of amides is 1. The highest BCUT2D eigenvalue weighted by Crippen LogP contribution is 2.24. The minimum absolute atomic E-state index is 0.0417. The van der Waals surface area contributed by atoms with Crippen LogP contribution in [0, 0.1) is 5.92 Å². The molecule has 0 aliphatic carbocycles. The molecule has 106 valence electrons. The Bertz CT molecular complexity index is 554. The third-order valence-corrected chi connectivity index (χ3v) is 3.47. The third kappa shape index (κ3) is 3.23. The molecule has 1 aliphatic heterocycles. The summed E-state index contributed by atoms with van der Waals surface area (Å²) >= 11 is 0. The number of hydrogen-bond acceptors (Lipinski definition) is 3. The van der Waals surface area contributed by atoms with Crippen molar-refractivity contribution in [1.82, 2.24) is 9.88 Å². The Morgan fingerprint density at radius 2 is 2.15 bits per heavy atom. The largest absolute Gasteiger partial charge is 0.478 e. The molecule has 5 heteroatoms. The van der Waals surface area contributed by atoms with E-state index < -0.39 is 5.97 Å². The van der Waals surface area contributed by atoms with E-state index >= 15 is 0 Å². The average molecular weight is 274 g/mol. The normalized spacial score (nSPS) is 22.4. The van der Waals surface area contributed by atoms with Gasteiger partial charge in [0.2, 0.25) is 0 Å². The molecule has 1 N–H and O–H groups in total. The van der Waals surface area contributed by atoms with E-state index in [0.717, 1.165) is 19.0 Å². The van der Waals surface area contributed by atoms with E-state index in [4.69, 9.17) is 5.11 Å². The van der Waals surface area contributed by atoms with Crippen LogP contribution in [0.4, 0.5) is 0 Å². The quantitative estimate of drug-likeness (QED) is 0.856. The first-order valence-corrected chi connectivity index (χ1v) is 6.64. The van der Waals surface area contributed by atoms with Crippen molar-refractivity contribution in [1.29, 1.82) is 0 Å². The molecule has 2 rings (SSSR count). The number of hydrogen-bond donors (Lipinski definition) is 1. The molecule has 1 aliphatic rings. The van der Waals surface area contributed by atoms with Crippen molar-refractivity contribution < 1.29 is 14.7 Å². The summed E-state index contributed by atoms with van der Waals surface area (Å²) in [4.78, 5) is 28.8. The Kier molecular flexibility index (Phi) is 4.17. The van der Waals surface area contributed by atoms with Crippen molar-refractivity contribution in [2.75, 3.05) is 6.54 Å². The lowest BCUT2D eigenvalue weighted by Gasteiger charge is -2.21. The Labute approximate surface area is 117 Å². The minimum atomic E-state index is -1.02. The van der Waals surface area contributed by atoms with Crippen molar-refractivity contribution in [3.05, 3.63) is 35.7 Å².